The highest BCUT2D eigenvalue weighted by molar-refractivity contribution is 6.00. The standard InChI is InChI=1S/C12H19NO2/c1-2-12(5-3-6-12)9-13-7-4-10(14)8-11(13)15/h2-9H2,1H3. The van der Waals surface area contributed by atoms with Gasteiger partial charge in [-0.2, -0.15) is 0 Å². The molecule has 3 heteroatoms. The van der Waals surface area contributed by atoms with Crippen molar-refractivity contribution < 1.29 is 9.59 Å². The van der Waals surface area contributed by atoms with E-state index in [1.165, 1.54) is 19.3 Å². The van der Waals surface area contributed by atoms with Gasteiger partial charge in [0.1, 0.15) is 5.78 Å². The Morgan fingerprint density at radius 2 is 2.07 bits per heavy atom. The van der Waals surface area contributed by atoms with Crippen molar-refractivity contribution in [2.75, 3.05) is 13.1 Å². The second-order valence-corrected chi connectivity index (χ2v) is 4.99. The summed E-state index contributed by atoms with van der Waals surface area (Å²) >= 11 is 0. The summed E-state index contributed by atoms with van der Waals surface area (Å²) < 4.78 is 0. The predicted molar refractivity (Wildman–Crippen MR) is 57.4 cm³/mol. The van der Waals surface area contributed by atoms with Gasteiger partial charge in [-0.15, -0.1) is 0 Å². The first-order valence-corrected chi connectivity index (χ1v) is 5.95. The first-order chi connectivity index (χ1) is 7.15. The maximum absolute atomic E-state index is 11.6. The number of ketones is 1. The van der Waals surface area contributed by atoms with Gasteiger partial charge in [-0.3, -0.25) is 9.59 Å². The van der Waals surface area contributed by atoms with Crippen LogP contribution in [0.3, 0.4) is 0 Å². The molecule has 1 aliphatic carbocycles. The third-order valence-electron chi connectivity index (χ3n) is 4.05. The van der Waals surface area contributed by atoms with Crippen LogP contribution in [0.4, 0.5) is 0 Å². The first kappa shape index (κ1) is 10.7. The number of nitrogens with zero attached hydrogens (tertiary/aromatic N) is 1. The number of hydrogen-bond donors (Lipinski definition) is 0. The Morgan fingerprint density at radius 3 is 2.53 bits per heavy atom. The second-order valence-electron chi connectivity index (χ2n) is 4.99. The minimum Gasteiger partial charge on any atom is -0.341 e. The molecule has 0 bridgehead atoms. The van der Waals surface area contributed by atoms with Crippen LogP contribution < -0.4 is 0 Å². The smallest absolute Gasteiger partial charge is 0.230 e. The van der Waals surface area contributed by atoms with Crippen LogP contribution in [0.2, 0.25) is 0 Å². The summed E-state index contributed by atoms with van der Waals surface area (Å²) in [7, 11) is 0. The van der Waals surface area contributed by atoms with Crippen molar-refractivity contribution >= 4 is 11.7 Å². The quantitative estimate of drug-likeness (QED) is 0.664. The van der Waals surface area contributed by atoms with Crippen molar-refractivity contribution in [1.29, 1.82) is 0 Å². The zero-order valence-electron chi connectivity index (χ0n) is 9.42. The lowest BCUT2D eigenvalue weighted by atomic mass is 9.66. The predicted octanol–water partition coefficient (Wildman–Crippen LogP) is 1.76. The molecule has 1 heterocycles. The topological polar surface area (TPSA) is 37.4 Å². The first-order valence-electron chi connectivity index (χ1n) is 5.95. The van der Waals surface area contributed by atoms with Crippen molar-refractivity contribution in [3.05, 3.63) is 0 Å². The summed E-state index contributed by atoms with van der Waals surface area (Å²) in [5.41, 5.74) is 0.385. The van der Waals surface area contributed by atoms with Crippen LogP contribution in [0, 0.1) is 5.41 Å². The average Bonchev–Trinajstić information content (AvgIpc) is 2.14. The molecular formula is C12H19NO2. The zero-order chi connectivity index (χ0) is 10.9. The molecule has 84 valence electrons. The third kappa shape index (κ3) is 2.06. The molecular weight excluding hydrogens is 190 g/mol. The second kappa shape index (κ2) is 3.95. The lowest BCUT2D eigenvalue weighted by Crippen LogP contribution is -2.47. The Hall–Kier alpha value is -0.860. The molecule has 0 unspecified atom stereocenters. The largest absolute Gasteiger partial charge is 0.341 e. The van der Waals surface area contributed by atoms with E-state index in [4.69, 9.17) is 0 Å². The molecule has 15 heavy (non-hydrogen) atoms. The van der Waals surface area contributed by atoms with E-state index in [1.807, 2.05) is 4.90 Å². The molecule has 0 N–H and O–H groups in total. The van der Waals surface area contributed by atoms with Crippen molar-refractivity contribution in [3.63, 3.8) is 0 Å². The number of amides is 1. The Kier molecular flexibility index (Phi) is 2.81. The summed E-state index contributed by atoms with van der Waals surface area (Å²) in [6.07, 6.45) is 5.66. The number of carbonyl (C=O) groups excluding carboxylic acids is 2. The summed E-state index contributed by atoms with van der Waals surface area (Å²) in [6.45, 7) is 3.74. The third-order valence-corrected chi connectivity index (χ3v) is 4.05. The van der Waals surface area contributed by atoms with E-state index in [9.17, 15) is 9.59 Å². The zero-order valence-corrected chi connectivity index (χ0v) is 9.42. The van der Waals surface area contributed by atoms with Crippen LogP contribution in [0.15, 0.2) is 0 Å². The minimum atomic E-state index is 0.0472. The van der Waals surface area contributed by atoms with E-state index in [-0.39, 0.29) is 18.1 Å². The fourth-order valence-electron chi connectivity index (χ4n) is 2.63. The van der Waals surface area contributed by atoms with Crippen LogP contribution in [-0.2, 0) is 9.59 Å². The molecule has 1 amide bonds. The van der Waals surface area contributed by atoms with E-state index in [1.54, 1.807) is 0 Å². The van der Waals surface area contributed by atoms with Gasteiger partial charge < -0.3 is 4.90 Å². The van der Waals surface area contributed by atoms with Gasteiger partial charge in [0.05, 0.1) is 6.42 Å². The molecule has 0 atom stereocenters. The van der Waals surface area contributed by atoms with Crippen molar-refractivity contribution in [2.45, 2.75) is 45.4 Å². The summed E-state index contributed by atoms with van der Waals surface area (Å²) in [4.78, 5) is 24.6. The normalized spacial score (nSPS) is 25.3. The van der Waals surface area contributed by atoms with Crippen molar-refractivity contribution in [1.82, 2.24) is 4.90 Å². The van der Waals surface area contributed by atoms with Crippen LogP contribution in [0.5, 0.6) is 0 Å². The van der Waals surface area contributed by atoms with Crippen LogP contribution >= 0.6 is 0 Å². The summed E-state index contributed by atoms with van der Waals surface area (Å²) in [5.74, 6) is 0.154. The number of hydrogen-bond acceptors (Lipinski definition) is 2. The number of likely N-dealkylation sites (tertiary alicyclic amines) is 1. The molecule has 2 aliphatic rings. The Morgan fingerprint density at radius 1 is 1.33 bits per heavy atom. The van der Waals surface area contributed by atoms with Gasteiger partial charge in [-0.1, -0.05) is 13.3 Å². The van der Waals surface area contributed by atoms with E-state index in [2.05, 4.69) is 6.92 Å². The van der Waals surface area contributed by atoms with E-state index in [0.29, 0.717) is 18.4 Å². The number of carbonyl (C=O) groups is 2. The fourth-order valence-corrected chi connectivity index (χ4v) is 2.63. The van der Waals surface area contributed by atoms with Gasteiger partial charge in [-0.05, 0) is 24.7 Å². The van der Waals surface area contributed by atoms with Crippen molar-refractivity contribution in [3.8, 4) is 0 Å². The maximum Gasteiger partial charge on any atom is 0.230 e. The van der Waals surface area contributed by atoms with E-state index >= 15 is 0 Å². The molecule has 1 saturated heterocycles. The SMILES string of the molecule is CCC1(CN2CCC(=O)CC2=O)CCC1. The molecule has 0 spiro atoms. The minimum absolute atomic E-state index is 0.0472. The van der Waals surface area contributed by atoms with Crippen molar-refractivity contribution in [2.24, 2.45) is 5.41 Å². The highest BCUT2D eigenvalue weighted by atomic mass is 16.2. The molecule has 0 aromatic rings. The molecule has 1 saturated carbocycles. The van der Waals surface area contributed by atoms with Gasteiger partial charge >= 0.3 is 0 Å². The lowest BCUT2D eigenvalue weighted by Gasteiger charge is -2.45. The molecule has 0 aromatic carbocycles. The molecule has 1 aliphatic heterocycles. The maximum atomic E-state index is 11.6. The summed E-state index contributed by atoms with van der Waals surface area (Å²) in [5, 5.41) is 0. The molecule has 0 aromatic heterocycles. The number of Topliss-reactive ketones (excluding diaryl/α,β-unsaturated/α-hetero) is 1. The van der Waals surface area contributed by atoms with E-state index < -0.39 is 0 Å². The highest BCUT2D eigenvalue weighted by Crippen LogP contribution is 2.44. The van der Waals surface area contributed by atoms with Crippen LogP contribution in [-0.4, -0.2) is 29.7 Å². The Balaban J connectivity index is 1.94. The Bertz CT molecular complexity index is 276. The highest BCUT2D eigenvalue weighted by Gasteiger charge is 2.38. The van der Waals surface area contributed by atoms with Gasteiger partial charge in [0.15, 0.2) is 0 Å². The monoisotopic (exact) mass is 209 g/mol. The summed E-state index contributed by atoms with van der Waals surface area (Å²) in [6, 6.07) is 0. The van der Waals surface area contributed by atoms with Gasteiger partial charge in [-0.25, -0.2) is 0 Å². The number of rotatable bonds is 3. The van der Waals surface area contributed by atoms with Crippen LogP contribution in [0.1, 0.15) is 45.4 Å². The van der Waals surface area contributed by atoms with Gasteiger partial charge in [0.25, 0.3) is 0 Å². The van der Waals surface area contributed by atoms with E-state index in [0.717, 1.165) is 13.0 Å². The van der Waals surface area contributed by atoms with Gasteiger partial charge in [0, 0.05) is 19.5 Å². The molecule has 3 nitrogen and oxygen atoms in total. The Labute approximate surface area is 90.8 Å². The fraction of sp³-hybridized carbons (Fsp3) is 0.833. The van der Waals surface area contributed by atoms with Crippen LogP contribution in [0.25, 0.3) is 0 Å². The molecule has 2 rings (SSSR count). The molecule has 2 fully saturated rings. The lowest BCUT2D eigenvalue weighted by molar-refractivity contribution is -0.141. The van der Waals surface area contributed by atoms with Gasteiger partial charge in [0.2, 0.25) is 5.91 Å². The molecule has 0 radical (unpaired) electrons. The average molecular weight is 209 g/mol. The number of piperidine rings is 1.